The highest BCUT2D eigenvalue weighted by molar-refractivity contribution is 9.10. The molecule has 3 heterocycles. The molecule has 1 aliphatic rings. The summed E-state index contributed by atoms with van der Waals surface area (Å²) >= 11 is 3.57. The molecule has 1 N–H and O–H groups in total. The van der Waals surface area contributed by atoms with E-state index >= 15 is 0 Å². The van der Waals surface area contributed by atoms with Crippen molar-refractivity contribution in [3.63, 3.8) is 0 Å². The molecule has 7 heteroatoms. The van der Waals surface area contributed by atoms with Crippen molar-refractivity contribution in [3.05, 3.63) is 87.8 Å². The van der Waals surface area contributed by atoms with E-state index in [1.165, 1.54) is 28.2 Å². The molecule has 0 saturated carbocycles. The lowest BCUT2D eigenvalue weighted by atomic mass is 10.0. The third kappa shape index (κ3) is 4.32. The summed E-state index contributed by atoms with van der Waals surface area (Å²) in [4.78, 5) is 23.4. The molecule has 174 valence electrons. The fourth-order valence-electron chi connectivity index (χ4n) is 5.02. The minimum Gasteiger partial charge on any atom is -0.478 e. The molecule has 1 fully saturated rings. The molecule has 0 amide bonds. The number of nitrogens with zero attached hydrogens (tertiary/aromatic N) is 4. The number of para-hydroxylation sites is 1. The first-order valence-corrected chi connectivity index (χ1v) is 12.5. The van der Waals surface area contributed by atoms with Gasteiger partial charge >= 0.3 is 5.97 Å². The Balaban J connectivity index is 1.45. The highest BCUT2D eigenvalue weighted by atomic mass is 79.9. The SMILES string of the molecule is CCn1cc(CCc2nc(N3CCCC3c3cccc(Br)c3)ncc2C(=O)O)c2ccccc21. The van der Waals surface area contributed by atoms with E-state index in [2.05, 4.69) is 73.8 Å². The van der Waals surface area contributed by atoms with Crippen LogP contribution in [0.15, 0.2) is 65.4 Å². The van der Waals surface area contributed by atoms with Crippen LogP contribution in [0.3, 0.4) is 0 Å². The molecule has 1 atom stereocenters. The molecule has 1 aliphatic heterocycles. The minimum atomic E-state index is -0.984. The van der Waals surface area contributed by atoms with Crippen molar-refractivity contribution in [3.8, 4) is 0 Å². The largest absolute Gasteiger partial charge is 0.478 e. The van der Waals surface area contributed by atoms with Gasteiger partial charge in [0, 0.05) is 40.9 Å². The van der Waals surface area contributed by atoms with Gasteiger partial charge in [-0.1, -0.05) is 46.3 Å². The second-order valence-corrected chi connectivity index (χ2v) is 9.62. The molecule has 0 spiro atoms. The number of rotatable bonds is 7. The quantitative estimate of drug-likeness (QED) is 0.323. The Kier molecular flexibility index (Phi) is 6.37. The van der Waals surface area contributed by atoms with Gasteiger partial charge < -0.3 is 14.6 Å². The number of hydrogen-bond donors (Lipinski definition) is 1. The lowest BCUT2D eigenvalue weighted by Crippen LogP contribution is -2.25. The van der Waals surface area contributed by atoms with Crippen LogP contribution in [0.5, 0.6) is 0 Å². The number of aromatic nitrogens is 3. The van der Waals surface area contributed by atoms with Crippen molar-refractivity contribution in [2.45, 2.75) is 45.2 Å². The molecule has 1 unspecified atom stereocenters. The standard InChI is InChI=1S/C27H27BrN4O2/c1-2-31-17-19(21-9-3-4-10-25(21)31)12-13-23-22(26(33)34)16-29-27(30-23)32-14-6-11-24(32)18-7-5-8-20(28)15-18/h3-5,7-10,15-17,24H,2,6,11-14H2,1H3,(H,33,34). The van der Waals surface area contributed by atoms with Crippen LogP contribution in [-0.4, -0.2) is 32.2 Å². The van der Waals surface area contributed by atoms with Crippen molar-refractivity contribution in [2.24, 2.45) is 0 Å². The highest BCUT2D eigenvalue weighted by Gasteiger charge is 2.29. The van der Waals surface area contributed by atoms with Gasteiger partial charge in [0.15, 0.2) is 0 Å². The number of fused-ring (bicyclic) bond motifs is 1. The summed E-state index contributed by atoms with van der Waals surface area (Å²) in [7, 11) is 0. The van der Waals surface area contributed by atoms with Crippen molar-refractivity contribution >= 4 is 38.8 Å². The van der Waals surface area contributed by atoms with Crippen molar-refractivity contribution < 1.29 is 9.90 Å². The molecule has 0 radical (unpaired) electrons. The van der Waals surface area contributed by atoms with Crippen LogP contribution in [0.2, 0.25) is 0 Å². The van der Waals surface area contributed by atoms with E-state index in [1.807, 2.05) is 18.2 Å². The molecule has 2 aromatic carbocycles. The molecule has 6 nitrogen and oxygen atoms in total. The molecule has 1 saturated heterocycles. The van der Waals surface area contributed by atoms with Gasteiger partial charge in [-0.05, 0) is 61.9 Å². The maximum Gasteiger partial charge on any atom is 0.339 e. The lowest BCUT2D eigenvalue weighted by Gasteiger charge is -2.25. The summed E-state index contributed by atoms with van der Waals surface area (Å²) in [5.74, 6) is -0.374. The molecule has 5 rings (SSSR count). The van der Waals surface area contributed by atoms with Gasteiger partial charge in [-0.3, -0.25) is 0 Å². The van der Waals surface area contributed by atoms with E-state index in [9.17, 15) is 9.90 Å². The smallest absolute Gasteiger partial charge is 0.339 e. The number of aromatic carboxylic acids is 1. The molecule has 4 aromatic rings. The molecule has 34 heavy (non-hydrogen) atoms. The predicted molar refractivity (Wildman–Crippen MR) is 137 cm³/mol. The van der Waals surface area contributed by atoms with Gasteiger partial charge in [-0.25, -0.2) is 14.8 Å². The maximum atomic E-state index is 11.9. The van der Waals surface area contributed by atoms with Gasteiger partial charge in [0.05, 0.1) is 17.3 Å². The molecule has 0 bridgehead atoms. The Labute approximate surface area is 207 Å². The summed E-state index contributed by atoms with van der Waals surface area (Å²) in [5.41, 5.74) is 4.40. The number of carboxylic acid groups (broad SMARTS) is 1. The van der Waals surface area contributed by atoms with Gasteiger partial charge in [0.1, 0.15) is 0 Å². The number of carboxylic acids is 1. The third-order valence-electron chi connectivity index (χ3n) is 6.67. The Hall–Kier alpha value is -3.19. The van der Waals surface area contributed by atoms with E-state index < -0.39 is 5.97 Å². The Bertz CT molecular complexity index is 1350. The summed E-state index contributed by atoms with van der Waals surface area (Å²) in [6.45, 7) is 3.88. The van der Waals surface area contributed by atoms with E-state index in [-0.39, 0.29) is 11.6 Å². The first-order valence-electron chi connectivity index (χ1n) is 11.7. The van der Waals surface area contributed by atoms with Gasteiger partial charge in [-0.2, -0.15) is 0 Å². The number of aryl methyl sites for hydroxylation is 3. The fourth-order valence-corrected chi connectivity index (χ4v) is 5.43. The topological polar surface area (TPSA) is 71.2 Å². The number of carbonyl (C=O) groups is 1. The number of benzene rings is 2. The van der Waals surface area contributed by atoms with Crippen molar-refractivity contribution in [2.75, 3.05) is 11.4 Å². The van der Waals surface area contributed by atoms with Crippen LogP contribution >= 0.6 is 15.9 Å². The van der Waals surface area contributed by atoms with E-state index in [4.69, 9.17) is 4.98 Å². The van der Waals surface area contributed by atoms with Crippen LogP contribution < -0.4 is 4.90 Å². The summed E-state index contributed by atoms with van der Waals surface area (Å²) in [6, 6.07) is 16.9. The molecular formula is C27H27BrN4O2. The Morgan fingerprint density at radius 1 is 1.18 bits per heavy atom. The van der Waals surface area contributed by atoms with Crippen LogP contribution in [0.25, 0.3) is 10.9 Å². The van der Waals surface area contributed by atoms with Crippen LogP contribution in [0.1, 0.15) is 53.0 Å². The fraction of sp³-hybridized carbons (Fsp3) is 0.296. The van der Waals surface area contributed by atoms with Gasteiger partial charge in [-0.15, -0.1) is 0 Å². The number of halogens is 1. The van der Waals surface area contributed by atoms with Gasteiger partial charge in [0.2, 0.25) is 5.95 Å². The Morgan fingerprint density at radius 2 is 2.03 bits per heavy atom. The maximum absolute atomic E-state index is 11.9. The predicted octanol–water partition coefficient (Wildman–Crippen LogP) is 6.04. The second kappa shape index (κ2) is 9.58. The average Bonchev–Trinajstić information content (AvgIpc) is 3.48. The highest BCUT2D eigenvalue weighted by Crippen LogP contribution is 2.35. The van der Waals surface area contributed by atoms with Crippen LogP contribution in [0, 0.1) is 0 Å². The zero-order chi connectivity index (χ0) is 23.7. The molecular weight excluding hydrogens is 492 g/mol. The summed E-state index contributed by atoms with van der Waals surface area (Å²) in [6.07, 6.45) is 6.99. The second-order valence-electron chi connectivity index (χ2n) is 8.70. The normalized spacial score (nSPS) is 15.8. The summed E-state index contributed by atoms with van der Waals surface area (Å²) in [5, 5.41) is 11.0. The van der Waals surface area contributed by atoms with Gasteiger partial charge in [0.25, 0.3) is 0 Å². The molecule has 2 aromatic heterocycles. The first-order chi connectivity index (χ1) is 16.5. The third-order valence-corrected chi connectivity index (χ3v) is 7.16. The van der Waals surface area contributed by atoms with Crippen molar-refractivity contribution in [1.82, 2.24) is 14.5 Å². The number of anilines is 1. The minimum absolute atomic E-state index is 0.182. The van der Waals surface area contributed by atoms with Crippen LogP contribution in [0.4, 0.5) is 5.95 Å². The number of hydrogen-bond acceptors (Lipinski definition) is 4. The average molecular weight is 519 g/mol. The summed E-state index contributed by atoms with van der Waals surface area (Å²) < 4.78 is 3.28. The first kappa shape index (κ1) is 22.6. The molecule has 0 aliphatic carbocycles. The zero-order valence-corrected chi connectivity index (χ0v) is 20.7. The van der Waals surface area contributed by atoms with Crippen LogP contribution in [-0.2, 0) is 19.4 Å². The lowest BCUT2D eigenvalue weighted by molar-refractivity contribution is 0.0694. The van der Waals surface area contributed by atoms with E-state index in [1.54, 1.807) is 0 Å². The van der Waals surface area contributed by atoms with Crippen molar-refractivity contribution in [1.29, 1.82) is 0 Å². The monoisotopic (exact) mass is 518 g/mol. The zero-order valence-electron chi connectivity index (χ0n) is 19.1. The van der Waals surface area contributed by atoms with E-state index in [0.29, 0.717) is 18.1 Å². The Morgan fingerprint density at radius 3 is 2.82 bits per heavy atom. The van der Waals surface area contributed by atoms with E-state index in [0.717, 1.165) is 36.8 Å².